The molecule has 1 aliphatic rings. The molecule has 0 atom stereocenters. The van der Waals surface area contributed by atoms with Crippen LogP contribution in [0.2, 0.25) is 0 Å². The zero-order chi connectivity index (χ0) is 11.7. The van der Waals surface area contributed by atoms with Gasteiger partial charge in [-0.1, -0.05) is 0 Å². The molecular formula is C12H16N4O. The average Bonchev–Trinajstić information content (AvgIpc) is 3.09. The molecule has 1 saturated carbocycles. The lowest BCUT2D eigenvalue weighted by atomic mass is 10.4. The van der Waals surface area contributed by atoms with E-state index in [2.05, 4.69) is 9.97 Å². The van der Waals surface area contributed by atoms with E-state index in [1.54, 1.807) is 6.20 Å². The van der Waals surface area contributed by atoms with Crippen LogP contribution in [-0.4, -0.2) is 27.7 Å². The normalized spacial score (nSPS) is 15.5. The maximum Gasteiger partial charge on any atom is 0.202 e. The first-order valence-corrected chi connectivity index (χ1v) is 5.99. The zero-order valence-corrected chi connectivity index (χ0v) is 9.67. The molecule has 5 nitrogen and oxygen atoms in total. The van der Waals surface area contributed by atoms with Crippen molar-refractivity contribution < 1.29 is 4.74 Å². The smallest absolute Gasteiger partial charge is 0.202 e. The van der Waals surface area contributed by atoms with Gasteiger partial charge in [-0.05, 0) is 30.9 Å². The Hall–Kier alpha value is -1.62. The highest BCUT2D eigenvalue weighted by Gasteiger charge is 2.21. The van der Waals surface area contributed by atoms with Gasteiger partial charge in [-0.3, -0.25) is 4.57 Å². The number of imidazole rings is 1. The van der Waals surface area contributed by atoms with Gasteiger partial charge < -0.3 is 10.5 Å². The molecular weight excluding hydrogens is 216 g/mol. The molecule has 1 fully saturated rings. The molecule has 3 rings (SSSR count). The van der Waals surface area contributed by atoms with Crippen molar-refractivity contribution >= 4 is 17.1 Å². The molecule has 0 aromatic carbocycles. The van der Waals surface area contributed by atoms with Gasteiger partial charge in [0.25, 0.3) is 0 Å². The Morgan fingerprint density at radius 3 is 3.18 bits per heavy atom. The van der Waals surface area contributed by atoms with E-state index in [1.165, 1.54) is 12.8 Å². The summed E-state index contributed by atoms with van der Waals surface area (Å²) >= 11 is 0. The summed E-state index contributed by atoms with van der Waals surface area (Å²) in [6.45, 7) is 2.26. The molecule has 5 heteroatoms. The monoisotopic (exact) mass is 232 g/mol. The summed E-state index contributed by atoms with van der Waals surface area (Å²) in [4.78, 5) is 8.56. The van der Waals surface area contributed by atoms with E-state index >= 15 is 0 Å². The van der Waals surface area contributed by atoms with Crippen molar-refractivity contribution in [1.82, 2.24) is 14.5 Å². The summed E-state index contributed by atoms with van der Waals surface area (Å²) < 4.78 is 7.51. The van der Waals surface area contributed by atoms with Crippen molar-refractivity contribution in [2.75, 3.05) is 18.9 Å². The second kappa shape index (κ2) is 4.33. The van der Waals surface area contributed by atoms with Crippen LogP contribution >= 0.6 is 0 Å². The van der Waals surface area contributed by atoms with Crippen LogP contribution in [0.1, 0.15) is 12.8 Å². The van der Waals surface area contributed by atoms with E-state index in [0.29, 0.717) is 19.1 Å². The third kappa shape index (κ3) is 2.24. The van der Waals surface area contributed by atoms with Crippen molar-refractivity contribution in [3.8, 4) is 0 Å². The lowest BCUT2D eigenvalue weighted by Gasteiger charge is -2.06. The molecule has 0 saturated heterocycles. The molecule has 17 heavy (non-hydrogen) atoms. The number of nitrogens with two attached hydrogens (primary N) is 1. The minimum Gasteiger partial charge on any atom is -0.379 e. The van der Waals surface area contributed by atoms with Gasteiger partial charge in [0.05, 0.1) is 13.2 Å². The maximum atomic E-state index is 5.86. The van der Waals surface area contributed by atoms with Crippen molar-refractivity contribution in [1.29, 1.82) is 0 Å². The number of rotatable bonds is 5. The first kappa shape index (κ1) is 10.5. The van der Waals surface area contributed by atoms with Crippen LogP contribution < -0.4 is 5.73 Å². The molecule has 0 unspecified atom stereocenters. The highest BCUT2D eigenvalue weighted by atomic mass is 16.5. The van der Waals surface area contributed by atoms with Crippen LogP contribution in [0.15, 0.2) is 18.3 Å². The van der Waals surface area contributed by atoms with Gasteiger partial charge in [0.2, 0.25) is 5.95 Å². The second-order valence-corrected chi connectivity index (χ2v) is 4.49. The summed E-state index contributed by atoms with van der Waals surface area (Å²) in [6, 6.07) is 3.78. The van der Waals surface area contributed by atoms with Crippen molar-refractivity contribution in [2.45, 2.75) is 19.4 Å². The Kier molecular flexibility index (Phi) is 2.68. The maximum absolute atomic E-state index is 5.86. The number of nitrogens with zero attached hydrogens (tertiary/aromatic N) is 3. The van der Waals surface area contributed by atoms with Gasteiger partial charge in [0.1, 0.15) is 5.52 Å². The molecule has 2 heterocycles. The summed E-state index contributed by atoms with van der Waals surface area (Å²) in [5, 5.41) is 0. The third-order valence-corrected chi connectivity index (χ3v) is 3.04. The molecule has 1 aliphatic carbocycles. The highest BCUT2D eigenvalue weighted by Crippen LogP contribution is 2.28. The molecule has 0 spiro atoms. The third-order valence-electron chi connectivity index (χ3n) is 3.04. The predicted molar refractivity (Wildman–Crippen MR) is 65.5 cm³/mol. The molecule has 0 amide bonds. The fourth-order valence-corrected chi connectivity index (χ4v) is 1.89. The Morgan fingerprint density at radius 1 is 1.47 bits per heavy atom. The fourth-order valence-electron chi connectivity index (χ4n) is 1.89. The molecule has 0 bridgehead atoms. The quantitative estimate of drug-likeness (QED) is 0.792. The summed E-state index contributed by atoms with van der Waals surface area (Å²) in [6.07, 6.45) is 4.39. The molecule has 90 valence electrons. The van der Waals surface area contributed by atoms with Gasteiger partial charge in [0.15, 0.2) is 5.65 Å². The molecule has 2 N–H and O–H groups in total. The lowest BCUT2D eigenvalue weighted by Crippen LogP contribution is -2.10. The van der Waals surface area contributed by atoms with Crippen molar-refractivity contribution in [2.24, 2.45) is 5.92 Å². The number of aromatic nitrogens is 3. The van der Waals surface area contributed by atoms with E-state index in [0.717, 1.165) is 23.7 Å². The first-order valence-electron chi connectivity index (χ1n) is 5.99. The summed E-state index contributed by atoms with van der Waals surface area (Å²) in [5.74, 6) is 1.30. The van der Waals surface area contributed by atoms with E-state index in [1.807, 2.05) is 16.7 Å². The van der Waals surface area contributed by atoms with Crippen molar-refractivity contribution in [3.05, 3.63) is 18.3 Å². The number of nitrogen functional groups attached to an aromatic ring is 1. The predicted octanol–water partition coefficient (Wildman–Crippen LogP) is 1.44. The first-order chi connectivity index (χ1) is 8.34. The molecule has 0 radical (unpaired) electrons. The topological polar surface area (TPSA) is 66.0 Å². The zero-order valence-electron chi connectivity index (χ0n) is 9.67. The number of hydrogen-bond acceptors (Lipinski definition) is 4. The van der Waals surface area contributed by atoms with E-state index in [4.69, 9.17) is 10.5 Å². The number of ether oxygens (including phenoxy) is 1. The summed E-state index contributed by atoms with van der Waals surface area (Å²) in [7, 11) is 0. The van der Waals surface area contributed by atoms with Crippen LogP contribution in [0.3, 0.4) is 0 Å². The highest BCUT2D eigenvalue weighted by molar-refractivity contribution is 5.73. The fraction of sp³-hybridized carbons (Fsp3) is 0.500. The van der Waals surface area contributed by atoms with Gasteiger partial charge >= 0.3 is 0 Å². The Morgan fingerprint density at radius 2 is 2.35 bits per heavy atom. The molecule has 2 aromatic heterocycles. The number of pyridine rings is 1. The number of anilines is 1. The minimum atomic E-state index is 0.508. The van der Waals surface area contributed by atoms with Crippen LogP contribution in [-0.2, 0) is 11.3 Å². The largest absolute Gasteiger partial charge is 0.379 e. The minimum absolute atomic E-state index is 0.508. The SMILES string of the molecule is Nc1nc2cccnc2n1CCOCC1CC1. The molecule has 0 aliphatic heterocycles. The second-order valence-electron chi connectivity index (χ2n) is 4.49. The van der Waals surface area contributed by atoms with Crippen LogP contribution in [0.4, 0.5) is 5.95 Å². The molecule has 2 aromatic rings. The van der Waals surface area contributed by atoms with Crippen molar-refractivity contribution in [3.63, 3.8) is 0 Å². The van der Waals surface area contributed by atoms with E-state index < -0.39 is 0 Å². The van der Waals surface area contributed by atoms with Crippen LogP contribution in [0.5, 0.6) is 0 Å². The van der Waals surface area contributed by atoms with E-state index in [-0.39, 0.29) is 0 Å². The van der Waals surface area contributed by atoms with Crippen LogP contribution in [0.25, 0.3) is 11.2 Å². The number of fused-ring (bicyclic) bond motifs is 1. The lowest BCUT2D eigenvalue weighted by molar-refractivity contribution is 0.118. The summed E-state index contributed by atoms with van der Waals surface area (Å²) in [5.41, 5.74) is 7.54. The van der Waals surface area contributed by atoms with E-state index in [9.17, 15) is 0 Å². The van der Waals surface area contributed by atoms with Gasteiger partial charge in [0, 0.05) is 12.8 Å². The van der Waals surface area contributed by atoms with Crippen LogP contribution in [0, 0.1) is 5.92 Å². The Bertz CT molecular complexity index is 518. The average molecular weight is 232 g/mol. The van der Waals surface area contributed by atoms with Gasteiger partial charge in [-0.2, -0.15) is 0 Å². The Balaban J connectivity index is 1.68. The Labute approximate surface area is 99.6 Å². The standard InChI is InChI=1S/C12H16N4O/c13-12-15-10-2-1-5-14-11(10)16(12)6-7-17-8-9-3-4-9/h1-2,5,9H,3-4,6-8H2,(H2,13,15). The number of hydrogen-bond donors (Lipinski definition) is 1. The van der Waals surface area contributed by atoms with Gasteiger partial charge in [-0.25, -0.2) is 9.97 Å². The van der Waals surface area contributed by atoms with Gasteiger partial charge in [-0.15, -0.1) is 0 Å².